The van der Waals surface area contributed by atoms with Gasteiger partial charge >= 0.3 is 0 Å². The second-order valence-corrected chi connectivity index (χ2v) is 7.40. The fraction of sp³-hybridized carbons (Fsp3) is 0.562. The fourth-order valence-corrected chi connectivity index (χ4v) is 3.92. The monoisotopic (exact) mass is 332 g/mol. The van der Waals surface area contributed by atoms with E-state index in [4.69, 9.17) is 9.47 Å². The van der Waals surface area contributed by atoms with Crippen LogP contribution >= 0.6 is 11.3 Å². The van der Waals surface area contributed by atoms with Crippen molar-refractivity contribution in [1.29, 1.82) is 0 Å². The quantitative estimate of drug-likeness (QED) is 0.855. The lowest BCUT2D eigenvalue weighted by atomic mass is 9.85. The normalized spacial score (nSPS) is 23.0. The molecule has 2 saturated heterocycles. The SMILES string of the molecule is Cc1nnc(N2CC3(C[C@H](OCc4ccccn4)CCO3)C2)s1. The minimum absolute atomic E-state index is 0.0768. The molecule has 2 fully saturated rings. The van der Waals surface area contributed by atoms with Crippen LogP contribution in [0.25, 0.3) is 0 Å². The van der Waals surface area contributed by atoms with Crippen LogP contribution in [-0.4, -0.2) is 46.6 Å². The molecular formula is C16H20N4O2S. The van der Waals surface area contributed by atoms with E-state index in [0.717, 1.165) is 48.4 Å². The maximum absolute atomic E-state index is 6.06. The maximum Gasteiger partial charge on any atom is 0.208 e. The molecule has 1 spiro atoms. The van der Waals surface area contributed by atoms with E-state index >= 15 is 0 Å². The zero-order chi connectivity index (χ0) is 15.7. The molecule has 2 aromatic rings. The molecule has 7 heteroatoms. The van der Waals surface area contributed by atoms with Crippen molar-refractivity contribution in [2.45, 2.75) is 38.1 Å². The molecule has 2 aliphatic rings. The number of aryl methyl sites for hydroxylation is 1. The van der Waals surface area contributed by atoms with Gasteiger partial charge in [0, 0.05) is 19.2 Å². The van der Waals surface area contributed by atoms with Gasteiger partial charge in [-0.2, -0.15) is 0 Å². The van der Waals surface area contributed by atoms with Gasteiger partial charge in [0.15, 0.2) is 0 Å². The van der Waals surface area contributed by atoms with Crippen molar-refractivity contribution >= 4 is 16.5 Å². The molecule has 0 unspecified atom stereocenters. The van der Waals surface area contributed by atoms with Crippen LogP contribution in [0.4, 0.5) is 5.13 Å². The number of hydrogen-bond donors (Lipinski definition) is 0. The van der Waals surface area contributed by atoms with E-state index in [9.17, 15) is 0 Å². The molecule has 2 aliphatic heterocycles. The molecule has 0 amide bonds. The molecule has 0 aromatic carbocycles. The van der Waals surface area contributed by atoms with Crippen LogP contribution in [0.5, 0.6) is 0 Å². The first-order valence-corrected chi connectivity index (χ1v) is 8.75. The minimum atomic E-state index is -0.0768. The molecule has 122 valence electrons. The molecule has 0 saturated carbocycles. The molecule has 23 heavy (non-hydrogen) atoms. The van der Waals surface area contributed by atoms with Crippen molar-refractivity contribution in [2.24, 2.45) is 0 Å². The Bertz CT molecular complexity index is 657. The summed E-state index contributed by atoms with van der Waals surface area (Å²) in [5, 5.41) is 10.3. The highest BCUT2D eigenvalue weighted by Crippen LogP contribution is 2.38. The lowest BCUT2D eigenvalue weighted by molar-refractivity contribution is -0.148. The van der Waals surface area contributed by atoms with Crippen molar-refractivity contribution in [3.8, 4) is 0 Å². The lowest BCUT2D eigenvalue weighted by Gasteiger charge is -2.52. The number of hydrogen-bond acceptors (Lipinski definition) is 7. The molecule has 1 atom stereocenters. The maximum atomic E-state index is 6.06. The molecule has 0 aliphatic carbocycles. The van der Waals surface area contributed by atoms with Gasteiger partial charge in [-0.3, -0.25) is 4.98 Å². The van der Waals surface area contributed by atoms with Gasteiger partial charge in [0.1, 0.15) is 10.6 Å². The molecular weight excluding hydrogens is 312 g/mol. The predicted octanol–water partition coefficient (Wildman–Crippen LogP) is 2.20. The van der Waals surface area contributed by atoms with E-state index in [2.05, 4.69) is 20.1 Å². The molecule has 4 heterocycles. The Kier molecular flexibility index (Phi) is 4.00. The topological polar surface area (TPSA) is 60.4 Å². The van der Waals surface area contributed by atoms with E-state index in [0.29, 0.717) is 6.61 Å². The van der Waals surface area contributed by atoms with E-state index in [-0.39, 0.29) is 11.7 Å². The Hall–Kier alpha value is -1.57. The van der Waals surface area contributed by atoms with Gasteiger partial charge in [0.25, 0.3) is 0 Å². The average Bonchev–Trinajstić information content (AvgIpc) is 2.98. The second-order valence-electron chi connectivity index (χ2n) is 6.24. The summed E-state index contributed by atoms with van der Waals surface area (Å²) >= 11 is 1.64. The smallest absolute Gasteiger partial charge is 0.208 e. The number of nitrogens with zero attached hydrogens (tertiary/aromatic N) is 4. The van der Waals surface area contributed by atoms with Gasteiger partial charge in [-0.25, -0.2) is 0 Å². The lowest BCUT2D eigenvalue weighted by Crippen LogP contribution is -2.66. The van der Waals surface area contributed by atoms with E-state index in [1.54, 1.807) is 17.5 Å². The number of aromatic nitrogens is 3. The Balaban J connectivity index is 1.31. The first-order valence-electron chi connectivity index (χ1n) is 7.93. The van der Waals surface area contributed by atoms with Crippen LogP contribution in [0, 0.1) is 6.92 Å². The fourth-order valence-electron chi connectivity index (χ4n) is 3.23. The summed E-state index contributed by atoms with van der Waals surface area (Å²) in [4.78, 5) is 6.55. The van der Waals surface area contributed by atoms with Crippen molar-refractivity contribution in [2.75, 3.05) is 24.6 Å². The number of anilines is 1. The summed E-state index contributed by atoms with van der Waals surface area (Å²) in [7, 11) is 0. The minimum Gasteiger partial charge on any atom is -0.372 e. The summed E-state index contributed by atoms with van der Waals surface area (Å²) in [6.45, 7) is 5.07. The third-order valence-corrected chi connectivity index (χ3v) is 5.28. The van der Waals surface area contributed by atoms with Crippen molar-refractivity contribution < 1.29 is 9.47 Å². The molecule has 0 bridgehead atoms. The summed E-state index contributed by atoms with van der Waals surface area (Å²) in [5.74, 6) is 0. The molecule has 0 N–H and O–H groups in total. The molecule has 2 aromatic heterocycles. The van der Waals surface area contributed by atoms with E-state index in [1.807, 2.05) is 25.1 Å². The third-order valence-electron chi connectivity index (χ3n) is 4.38. The van der Waals surface area contributed by atoms with Gasteiger partial charge in [-0.15, -0.1) is 10.2 Å². The Morgan fingerprint density at radius 2 is 2.30 bits per heavy atom. The first-order chi connectivity index (χ1) is 11.2. The highest BCUT2D eigenvalue weighted by atomic mass is 32.1. The number of pyridine rings is 1. The van der Waals surface area contributed by atoms with Gasteiger partial charge < -0.3 is 14.4 Å². The average molecular weight is 332 g/mol. The predicted molar refractivity (Wildman–Crippen MR) is 87.6 cm³/mol. The van der Waals surface area contributed by atoms with Gasteiger partial charge in [-0.05, 0) is 25.5 Å². The van der Waals surface area contributed by atoms with Crippen LogP contribution in [0.15, 0.2) is 24.4 Å². The van der Waals surface area contributed by atoms with E-state index < -0.39 is 0 Å². The van der Waals surface area contributed by atoms with Gasteiger partial charge in [0.05, 0.1) is 31.5 Å². The van der Waals surface area contributed by atoms with Crippen molar-refractivity contribution in [1.82, 2.24) is 15.2 Å². The number of rotatable bonds is 4. The van der Waals surface area contributed by atoms with Gasteiger partial charge in [0.2, 0.25) is 5.13 Å². The molecule has 6 nitrogen and oxygen atoms in total. The van der Waals surface area contributed by atoms with Crippen LogP contribution < -0.4 is 4.90 Å². The highest BCUT2D eigenvalue weighted by Gasteiger charge is 2.48. The number of ether oxygens (including phenoxy) is 2. The zero-order valence-electron chi connectivity index (χ0n) is 13.1. The Morgan fingerprint density at radius 1 is 1.39 bits per heavy atom. The van der Waals surface area contributed by atoms with Crippen LogP contribution in [0.3, 0.4) is 0 Å². The Labute approximate surface area is 139 Å². The standard InChI is InChI=1S/C16H20N4O2S/c1-12-18-19-15(23-12)20-10-16(11-20)8-14(5-7-22-16)21-9-13-4-2-3-6-17-13/h2-4,6,14H,5,7-11H2,1H3/t14-/m1/s1. The summed E-state index contributed by atoms with van der Waals surface area (Å²) < 4.78 is 12.1. The Morgan fingerprint density at radius 3 is 3.04 bits per heavy atom. The van der Waals surface area contributed by atoms with Crippen molar-refractivity contribution in [3.63, 3.8) is 0 Å². The molecule has 4 rings (SSSR count). The largest absolute Gasteiger partial charge is 0.372 e. The highest BCUT2D eigenvalue weighted by molar-refractivity contribution is 7.15. The van der Waals surface area contributed by atoms with Gasteiger partial charge in [-0.1, -0.05) is 17.4 Å². The van der Waals surface area contributed by atoms with Crippen LogP contribution in [-0.2, 0) is 16.1 Å². The van der Waals surface area contributed by atoms with E-state index in [1.165, 1.54) is 0 Å². The first kappa shape index (κ1) is 15.0. The zero-order valence-corrected chi connectivity index (χ0v) is 14.0. The third kappa shape index (κ3) is 3.22. The summed E-state index contributed by atoms with van der Waals surface area (Å²) in [6.07, 6.45) is 3.93. The van der Waals surface area contributed by atoms with Crippen LogP contribution in [0.1, 0.15) is 23.5 Å². The van der Waals surface area contributed by atoms with Crippen LogP contribution in [0.2, 0.25) is 0 Å². The molecule has 0 radical (unpaired) electrons. The summed E-state index contributed by atoms with van der Waals surface area (Å²) in [5.41, 5.74) is 0.902. The summed E-state index contributed by atoms with van der Waals surface area (Å²) in [6, 6.07) is 5.91. The van der Waals surface area contributed by atoms with Crippen molar-refractivity contribution in [3.05, 3.63) is 35.1 Å². The second kappa shape index (κ2) is 6.14.